The largest absolute Gasteiger partial charge is 0.395 e. The molecule has 5 heteroatoms. The normalized spacial score (nSPS) is 15.2. The number of aromatic amines is 1. The van der Waals surface area contributed by atoms with Crippen LogP contribution in [0.2, 0.25) is 0 Å². The molecule has 1 heterocycles. The Hall–Kier alpha value is -1.62. The number of hydrogen-bond acceptors (Lipinski definition) is 3. The molecule has 2 rings (SSSR count). The van der Waals surface area contributed by atoms with Gasteiger partial charge in [0.15, 0.2) is 0 Å². The number of amides is 1. The monoisotopic (exact) mass is 250 g/mol. The van der Waals surface area contributed by atoms with Crippen molar-refractivity contribution >= 4 is 5.91 Å². The van der Waals surface area contributed by atoms with Gasteiger partial charge in [-0.05, 0) is 38.3 Å². The van der Waals surface area contributed by atoms with E-state index in [4.69, 9.17) is 5.11 Å². The standard InChI is InChI=1S/C13H18N2O3/c1-9-5-6-11(12(17)14-9)13(18)15(7-8-16)10-3-2-4-10/h5-6,10,16H,2-4,7-8H2,1H3,(H,14,17). The Balaban J connectivity index is 2.24. The predicted octanol–water partition coefficient (Wildman–Crippen LogP) is 0.670. The number of nitrogens with one attached hydrogen (secondary N) is 1. The van der Waals surface area contributed by atoms with Gasteiger partial charge in [0.1, 0.15) is 5.56 Å². The van der Waals surface area contributed by atoms with Crippen LogP contribution in [0.15, 0.2) is 16.9 Å². The molecule has 1 aromatic heterocycles. The van der Waals surface area contributed by atoms with Gasteiger partial charge in [0.05, 0.1) is 6.61 Å². The Kier molecular flexibility index (Phi) is 3.81. The average Bonchev–Trinajstić information content (AvgIpc) is 2.25. The van der Waals surface area contributed by atoms with Gasteiger partial charge in [-0.3, -0.25) is 9.59 Å². The van der Waals surface area contributed by atoms with Gasteiger partial charge in [-0.1, -0.05) is 0 Å². The van der Waals surface area contributed by atoms with E-state index in [2.05, 4.69) is 4.98 Å². The highest BCUT2D eigenvalue weighted by Crippen LogP contribution is 2.25. The van der Waals surface area contributed by atoms with Gasteiger partial charge in [0.2, 0.25) is 0 Å². The molecule has 0 unspecified atom stereocenters. The van der Waals surface area contributed by atoms with Gasteiger partial charge in [0.25, 0.3) is 11.5 Å². The summed E-state index contributed by atoms with van der Waals surface area (Å²) in [5.41, 5.74) is 0.525. The van der Waals surface area contributed by atoms with Crippen LogP contribution in [0.1, 0.15) is 35.3 Å². The molecular formula is C13H18N2O3. The second-order valence-corrected chi connectivity index (χ2v) is 4.69. The van der Waals surface area contributed by atoms with E-state index in [1.54, 1.807) is 24.0 Å². The molecule has 5 nitrogen and oxygen atoms in total. The van der Waals surface area contributed by atoms with E-state index in [1.165, 1.54) is 0 Å². The minimum Gasteiger partial charge on any atom is -0.395 e. The summed E-state index contributed by atoms with van der Waals surface area (Å²) in [5.74, 6) is -0.282. The van der Waals surface area contributed by atoms with Crippen LogP contribution in [-0.4, -0.2) is 40.1 Å². The van der Waals surface area contributed by atoms with E-state index in [0.717, 1.165) is 25.0 Å². The fraction of sp³-hybridized carbons (Fsp3) is 0.538. The average molecular weight is 250 g/mol. The molecule has 0 aliphatic heterocycles. The number of carbonyl (C=O) groups is 1. The van der Waals surface area contributed by atoms with Crippen molar-refractivity contribution < 1.29 is 9.90 Å². The summed E-state index contributed by atoms with van der Waals surface area (Å²) in [6.45, 7) is 1.98. The van der Waals surface area contributed by atoms with Crippen molar-refractivity contribution in [3.63, 3.8) is 0 Å². The lowest BCUT2D eigenvalue weighted by Gasteiger charge is -2.37. The van der Waals surface area contributed by atoms with Crippen molar-refractivity contribution in [2.45, 2.75) is 32.2 Å². The molecule has 1 aliphatic rings. The highest BCUT2D eigenvalue weighted by Gasteiger charge is 2.29. The molecule has 1 amide bonds. The van der Waals surface area contributed by atoms with E-state index < -0.39 is 0 Å². The van der Waals surface area contributed by atoms with Crippen molar-refractivity contribution in [1.29, 1.82) is 0 Å². The summed E-state index contributed by atoms with van der Waals surface area (Å²) in [6, 6.07) is 3.44. The number of aliphatic hydroxyl groups excluding tert-OH is 1. The van der Waals surface area contributed by atoms with Crippen molar-refractivity contribution in [3.05, 3.63) is 33.7 Å². The van der Waals surface area contributed by atoms with Crippen molar-refractivity contribution in [1.82, 2.24) is 9.88 Å². The summed E-state index contributed by atoms with van der Waals surface area (Å²) in [6.07, 6.45) is 3.01. The zero-order valence-electron chi connectivity index (χ0n) is 10.5. The maximum atomic E-state index is 12.3. The van der Waals surface area contributed by atoms with Crippen LogP contribution < -0.4 is 5.56 Å². The van der Waals surface area contributed by atoms with Gasteiger partial charge in [0, 0.05) is 18.3 Å². The topological polar surface area (TPSA) is 73.4 Å². The zero-order valence-corrected chi connectivity index (χ0v) is 10.5. The molecule has 0 atom stereocenters. The Morgan fingerprint density at radius 3 is 2.72 bits per heavy atom. The third-order valence-corrected chi connectivity index (χ3v) is 3.40. The van der Waals surface area contributed by atoms with Crippen LogP contribution in [-0.2, 0) is 0 Å². The third kappa shape index (κ3) is 2.46. The number of rotatable bonds is 4. The molecule has 2 N–H and O–H groups in total. The minimum atomic E-state index is -0.359. The summed E-state index contributed by atoms with van der Waals surface area (Å²) in [4.78, 5) is 28.3. The molecule has 0 bridgehead atoms. The van der Waals surface area contributed by atoms with E-state index in [-0.39, 0.29) is 36.2 Å². The Morgan fingerprint density at radius 1 is 1.50 bits per heavy atom. The Morgan fingerprint density at radius 2 is 2.22 bits per heavy atom. The van der Waals surface area contributed by atoms with Crippen LogP contribution in [0, 0.1) is 6.92 Å². The Labute approximate surface area is 105 Å². The maximum Gasteiger partial charge on any atom is 0.260 e. The molecule has 0 saturated heterocycles. The van der Waals surface area contributed by atoms with Gasteiger partial charge in [-0.2, -0.15) is 0 Å². The quantitative estimate of drug-likeness (QED) is 0.825. The Bertz CT molecular complexity index is 491. The number of aromatic nitrogens is 1. The van der Waals surface area contributed by atoms with E-state index in [0.29, 0.717) is 0 Å². The van der Waals surface area contributed by atoms with Crippen LogP contribution >= 0.6 is 0 Å². The molecule has 98 valence electrons. The summed E-state index contributed by atoms with van der Waals surface area (Å²) in [7, 11) is 0. The van der Waals surface area contributed by atoms with Gasteiger partial charge in [-0.25, -0.2) is 0 Å². The fourth-order valence-corrected chi connectivity index (χ4v) is 2.15. The van der Waals surface area contributed by atoms with Gasteiger partial charge in [-0.15, -0.1) is 0 Å². The van der Waals surface area contributed by atoms with Crippen molar-refractivity contribution in [2.75, 3.05) is 13.2 Å². The molecule has 18 heavy (non-hydrogen) atoms. The second kappa shape index (κ2) is 5.35. The number of aliphatic hydroxyl groups is 1. The van der Waals surface area contributed by atoms with Crippen LogP contribution in [0.25, 0.3) is 0 Å². The first-order chi connectivity index (χ1) is 8.63. The minimum absolute atomic E-state index is 0.0774. The van der Waals surface area contributed by atoms with E-state index >= 15 is 0 Å². The lowest BCUT2D eigenvalue weighted by Crippen LogP contribution is -2.47. The smallest absolute Gasteiger partial charge is 0.260 e. The molecule has 1 saturated carbocycles. The lowest BCUT2D eigenvalue weighted by atomic mass is 9.91. The predicted molar refractivity (Wildman–Crippen MR) is 67.6 cm³/mol. The lowest BCUT2D eigenvalue weighted by molar-refractivity contribution is 0.0524. The first-order valence-corrected chi connectivity index (χ1v) is 6.25. The SMILES string of the molecule is Cc1ccc(C(=O)N(CCO)C2CCC2)c(=O)[nH]1. The maximum absolute atomic E-state index is 12.3. The second-order valence-electron chi connectivity index (χ2n) is 4.69. The van der Waals surface area contributed by atoms with Gasteiger partial charge >= 0.3 is 0 Å². The first kappa shape index (κ1) is 12.8. The molecule has 0 aromatic carbocycles. The van der Waals surface area contributed by atoms with Crippen LogP contribution in [0.5, 0.6) is 0 Å². The molecular weight excluding hydrogens is 232 g/mol. The van der Waals surface area contributed by atoms with Gasteiger partial charge < -0.3 is 15.0 Å². The summed E-state index contributed by atoms with van der Waals surface area (Å²) >= 11 is 0. The summed E-state index contributed by atoms with van der Waals surface area (Å²) < 4.78 is 0. The van der Waals surface area contributed by atoms with Crippen molar-refractivity contribution in [3.8, 4) is 0 Å². The van der Waals surface area contributed by atoms with E-state index in [1.807, 2.05) is 0 Å². The summed E-state index contributed by atoms with van der Waals surface area (Å²) in [5, 5.41) is 9.03. The fourth-order valence-electron chi connectivity index (χ4n) is 2.15. The molecule has 1 fully saturated rings. The van der Waals surface area contributed by atoms with Crippen LogP contribution in [0.4, 0.5) is 0 Å². The van der Waals surface area contributed by atoms with Crippen molar-refractivity contribution in [2.24, 2.45) is 0 Å². The van der Waals surface area contributed by atoms with E-state index in [9.17, 15) is 9.59 Å². The number of nitrogens with zero attached hydrogens (tertiary/aromatic N) is 1. The molecule has 1 aliphatic carbocycles. The first-order valence-electron chi connectivity index (χ1n) is 6.25. The third-order valence-electron chi connectivity index (χ3n) is 3.40. The number of pyridine rings is 1. The molecule has 0 radical (unpaired) electrons. The van der Waals surface area contributed by atoms with Crippen LogP contribution in [0.3, 0.4) is 0 Å². The number of hydrogen-bond donors (Lipinski definition) is 2. The number of H-pyrrole nitrogens is 1. The highest BCUT2D eigenvalue weighted by atomic mass is 16.3. The highest BCUT2D eigenvalue weighted by molar-refractivity contribution is 5.94. The number of carbonyl (C=O) groups excluding carboxylic acids is 1. The zero-order chi connectivity index (χ0) is 13.1. The molecule has 1 aromatic rings. The number of aryl methyl sites for hydroxylation is 1. The molecule has 0 spiro atoms.